The molecule has 0 radical (unpaired) electrons. The standard InChI is InChI=1S/C12H17N3O4S/c1-2-13-10-4-3-5-11(12(10)15(16)17)20(18,19)14-8-9-6-7-9/h3-5,9,13-14H,2,6-8H2,1H3. The molecule has 0 amide bonds. The van der Waals surface area contributed by atoms with E-state index in [0.29, 0.717) is 19.0 Å². The summed E-state index contributed by atoms with van der Waals surface area (Å²) in [6, 6.07) is 4.26. The number of hydrogen-bond donors (Lipinski definition) is 2. The van der Waals surface area contributed by atoms with Gasteiger partial charge >= 0.3 is 5.69 Å². The molecule has 1 aromatic carbocycles. The van der Waals surface area contributed by atoms with Crippen LogP contribution in [-0.4, -0.2) is 26.4 Å². The van der Waals surface area contributed by atoms with Crippen LogP contribution < -0.4 is 10.0 Å². The third kappa shape index (κ3) is 3.26. The van der Waals surface area contributed by atoms with Gasteiger partial charge in [-0.3, -0.25) is 10.1 Å². The van der Waals surface area contributed by atoms with Crippen LogP contribution in [0.5, 0.6) is 0 Å². The van der Waals surface area contributed by atoms with E-state index >= 15 is 0 Å². The highest BCUT2D eigenvalue weighted by atomic mass is 32.2. The van der Waals surface area contributed by atoms with Crippen LogP contribution >= 0.6 is 0 Å². The third-order valence-electron chi connectivity index (χ3n) is 3.10. The molecule has 2 N–H and O–H groups in total. The van der Waals surface area contributed by atoms with Crippen molar-refractivity contribution in [1.29, 1.82) is 0 Å². The van der Waals surface area contributed by atoms with Crippen LogP contribution in [0.2, 0.25) is 0 Å². The van der Waals surface area contributed by atoms with Gasteiger partial charge in [-0.1, -0.05) is 6.07 Å². The topological polar surface area (TPSA) is 101 Å². The van der Waals surface area contributed by atoms with Gasteiger partial charge in [-0.05, 0) is 37.8 Å². The highest BCUT2D eigenvalue weighted by Crippen LogP contribution is 2.33. The molecule has 0 saturated heterocycles. The number of anilines is 1. The highest BCUT2D eigenvalue weighted by Gasteiger charge is 2.30. The summed E-state index contributed by atoms with van der Waals surface area (Å²) in [7, 11) is -3.86. The molecular weight excluding hydrogens is 282 g/mol. The van der Waals surface area contributed by atoms with E-state index in [1.54, 1.807) is 6.92 Å². The average Bonchev–Trinajstić information content (AvgIpc) is 3.20. The fraction of sp³-hybridized carbons (Fsp3) is 0.500. The van der Waals surface area contributed by atoms with Crippen molar-refractivity contribution in [1.82, 2.24) is 4.72 Å². The number of nitrogens with zero attached hydrogens (tertiary/aromatic N) is 1. The first-order valence-corrected chi connectivity index (χ1v) is 7.95. The van der Waals surface area contributed by atoms with Gasteiger partial charge in [0, 0.05) is 13.1 Å². The molecule has 1 saturated carbocycles. The first-order chi connectivity index (χ1) is 9.45. The number of rotatable bonds is 7. The molecule has 0 heterocycles. The van der Waals surface area contributed by atoms with Gasteiger partial charge < -0.3 is 5.32 Å². The van der Waals surface area contributed by atoms with Crippen molar-refractivity contribution < 1.29 is 13.3 Å². The Balaban J connectivity index is 2.38. The van der Waals surface area contributed by atoms with Crippen LogP contribution in [0.4, 0.5) is 11.4 Å². The number of para-hydroxylation sites is 1. The van der Waals surface area contributed by atoms with Crippen LogP contribution in [0.1, 0.15) is 19.8 Å². The van der Waals surface area contributed by atoms with E-state index in [4.69, 9.17) is 0 Å². The summed E-state index contributed by atoms with van der Waals surface area (Å²) in [4.78, 5) is 10.2. The summed E-state index contributed by atoms with van der Waals surface area (Å²) >= 11 is 0. The van der Waals surface area contributed by atoms with E-state index in [0.717, 1.165) is 12.8 Å². The maximum Gasteiger partial charge on any atom is 0.312 e. The normalized spacial score (nSPS) is 15.1. The summed E-state index contributed by atoms with van der Waals surface area (Å²) in [6.07, 6.45) is 2.00. The fourth-order valence-corrected chi connectivity index (χ4v) is 3.20. The summed E-state index contributed by atoms with van der Waals surface area (Å²) in [6.45, 7) is 2.60. The summed E-state index contributed by atoms with van der Waals surface area (Å²) < 4.78 is 26.8. The Hall–Kier alpha value is -1.67. The van der Waals surface area contributed by atoms with Gasteiger partial charge in [-0.25, -0.2) is 13.1 Å². The Morgan fingerprint density at radius 1 is 1.40 bits per heavy atom. The van der Waals surface area contributed by atoms with Crippen molar-refractivity contribution in [3.05, 3.63) is 28.3 Å². The van der Waals surface area contributed by atoms with Gasteiger partial charge in [0.2, 0.25) is 10.0 Å². The smallest absolute Gasteiger partial charge is 0.312 e. The molecule has 7 nitrogen and oxygen atoms in total. The van der Waals surface area contributed by atoms with Crippen molar-refractivity contribution in [2.45, 2.75) is 24.7 Å². The van der Waals surface area contributed by atoms with Gasteiger partial charge in [0.1, 0.15) is 5.69 Å². The van der Waals surface area contributed by atoms with Gasteiger partial charge in [0.25, 0.3) is 0 Å². The number of nitro groups is 1. The first-order valence-electron chi connectivity index (χ1n) is 6.46. The minimum absolute atomic E-state index is 0.215. The second-order valence-corrected chi connectivity index (χ2v) is 6.47. The van der Waals surface area contributed by atoms with E-state index in [-0.39, 0.29) is 10.6 Å². The Morgan fingerprint density at radius 2 is 2.10 bits per heavy atom. The first kappa shape index (κ1) is 14.7. The molecule has 0 bridgehead atoms. The fourth-order valence-electron chi connectivity index (χ4n) is 1.89. The van der Waals surface area contributed by atoms with Crippen molar-refractivity contribution in [2.75, 3.05) is 18.4 Å². The lowest BCUT2D eigenvalue weighted by Crippen LogP contribution is -2.26. The zero-order chi connectivity index (χ0) is 14.8. The summed E-state index contributed by atoms with van der Waals surface area (Å²) in [5.41, 5.74) is -0.190. The van der Waals surface area contributed by atoms with E-state index in [2.05, 4.69) is 10.0 Å². The lowest BCUT2D eigenvalue weighted by atomic mass is 10.2. The minimum Gasteiger partial charge on any atom is -0.380 e. The van der Waals surface area contributed by atoms with E-state index < -0.39 is 20.6 Å². The van der Waals surface area contributed by atoms with Crippen molar-refractivity contribution in [2.24, 2.45) is 5.92 Å². The van der Waals surface area contributed by atoms with Crippen LogP contribution in [0, 0.1) is 16.0 Å². The van der Waals surface area contributed by atoms with Crippen LogP contribution in [0.3, 0.4) is 0 Å². The molecule has 0 unspecified atom stereocenters. The maximum absolute atomic E-state index is 12.2. The van der Waals surface area contributed by atoms with Crippen LogP contribution in [-0.2, 0) is 10.0 Å². The molecular formula is C12H17N3O4S. The predicted molar refractivity (Wildman–Crippen MR) is 75.2 cm³/mol. The lowest BCUT2D eigenvalue weighted by molar-refractivity contribution is -0.386. The van der Waals surface area contributed by atoms with Gasteiger partial charge in [0.05, 0.1) is 4.92 Å². The quantitative estimate of drug-likeness (QED) is 0.589. The largest absolute Gasteiger partial charge is 0.380 e. The highest BCUT2D eigenvalue weighted by molar-refractivity contribution is 7.89. The number of nitrogens with one attached hydrogen (secondary N) is 2. The molecule has 20 heavy (non-hydrogen) atoms. The molecule has 1 aromatic rings. The average molecular weight is 299 g/mol. The Bertz CT molecular complexity index is 611. The third-order valence-corrected chi connectivity index (χ3v) is 4.55. The minimum atomic E-state index is -3.86. The zero-order valence-electron chi connectivity index (χ0n) is 11.1. The SMILES string of the molecule is CCNc1cccc(S(=O)(=O)NCC2CC2)c1[N+](=O)[O-]. The molecule has 110 valence electrons. The molecule has 0 spiro atoms. The molecule has 1 aliphatic rings. The second-order valence-electron chi connectivity index (χ2n) is 4.74. The van der Waals surface area contributed by atoms with Crippen LogP contribution in [0.25, 0.3) is 0 Å². The molecule has 1 aliphatic carbocycles. The van der Waals surface area contributed by atoms with E-state index in [1.807, 2.05) is 0 Å². The number of benzene rings is 1. The van der Waals surface area contributed by atoms with Crippen molar-refractivity contribution >= 4 is 21.4 Å². The Labute approximate surface area is 117 Å². The number of nitro benzene ring substituents is 1. The summed E-state index contributed by atoms with van der Waals surface area (Å²) in [5.74, 6) is 0.362. The lowest BCUT2D eigenvalue weighted by Gasteiger charge is -2.10. The van der Waals surface area contributed by atoms with Crippen molar-refractivity contribution in [3.8, 4) is 0 Å². The summed E-state index contributed by atoms with van der Waals surface area (Å²) in [5, 5.41) is 14.0. The predicted octanol–water partition coefficient (Wildman–Crippen LogP) is 1.71. The molecule has 1 fully saturated rings. The molecule has 2 rings (SSSR count). The molecule has 0 atom stereocenters. The van der Waals surface area contributed by atoms with Crippen molar-refractivity contribution in [3.63, 3.8) is 0 Å². The van der Waals surface area contributed by atoms with Gasteiger partial charge in [-0.15, -0.1) is 0 Å². The zero-order valence-corrected chi connectivity index (χ0v) is 11.9. The Kier molecular flexibility index (Phi) is 4.24. The molecule has 0 aromatic heterocycles. The van der Waals surface area contributed by atoms with Gasteiger partial charge in [-0.2, -0.15) is 0 Å². The maximum atomic E-state index is 12.2. The Morgan fingerprint density at radius 3 is 2.65 bits per heavy atom. The molecule has 0 aliphatic heterocycles. The number of hydrogen-bond acceptors (Lipinski definition) is 5. The monoisotopic (exact) mass is 299 g/mol. The second kappa shape index (κ2) is 5.76. The van der Waals surface area contributed by atoms with Gasteiger partial charge in [0.15, 0.2) is 4.90 Å². The van der Waals surface area contributed by atoms with E-state index in [9.17, 15) is 18.5 Å². The number of sulfonamides is 1. The van der Waals surface area contributed by atoms with E-state index in [1.165, 1.54) is 18.2 Å². The van der Waals surface area contributed by atoms with Crippen LogP contribution in [0.15, 0.2) is 23.1 Å². The molecule has 8 heteroatoms.